The summed E-state index contributed by atoms with van der Waals surface area (Å²) in [6, 6.07) is 7.27. The van der Waals surface area contributed by atoms with Crippen molar-refractivity contribution in [2.24, 2.45) is 0 Å². The Hall–Kier alpha value is -0.990. The van der Waals surface area contributed by atoms with Crippen LogP contribution in [0.1, 0.15) is 24.2 Å². The highest BCUT2D eigenvalue weighted by Gasteiger charge is 2.15. The predicted octanol–water partition coefficient (Wildman–Crippen LogP) is 4.13. The van der Waals surface area contributed by atoms with Gasteiger partial charge < -0.3 is 4.52 Å². The molecular formula is C11H9Cl2NO. The minimum Gasteiger partial charge on any atom is -0.361 e. The number of benzene rings is 1. The molecule has 1 aromatic heterocycles. The molecule has 2 rings (SSSR count). The first-order valence-corrected chi connectivity index (χ1v) is 5.29. The van der Waals surface area contributed by atoms with Crippen molar-refractivity contribution in [2.45, 2.75) is 12.8 Å². The molecule has 1 aromatic carbocycles. The molecule has 0 aliphatic carbocycles. The maximum Gasteiger partial charge on any atom is 0.143 e. The molecule has 78 valence electrons. The van der Waals surface area contributed by atoms with Gasteiger partial charge in [-0.2, -0.15) is 0 Å². The Morgan fingerprint density at radius 1 is 1.27 bits per heavy atom. The van der Waals surface area contributed by atoms with Gasteiger partial charge in [0.25, 0.3) is 0 Å². The average molecular weight is 242 g/mol. The second kappa shape index (κ2) is 4.25. The summed E-state index contributed by atoms with van der Waals surface area (Å²) in [5, 5.41) is 4.95. The first kappa shape index (κ1) is 10.5. The van der Waals surface area contributed by atoms with Gasteiger partial charge in [-0.05, 0) is 17.7 Å². The lowest BCUT2D eigenvalue weighted by molar-refractivity contribution is 0.376. The standard InChI is InChI=1S/C11H9Cl2NO/c1-7(11-4-5-14-15-11)9-3-2-8(12)6-10(9)13/h2-7H,1H3. The Bertz CT molecular complexity index is 454. The highest BCUT2D eigenvalue weighted by molar-refractivity contribution is 6.35. The van der Waals surface area contributed by atoms with Crippen molar-refractivity contribution in [3.05, 3.63) is 51.8 Å². The van der Waals surface area contributed by atoms with Gasteiger partial charge >= 0.3 is 0 Å². The van der Waals surface area contributed by atoms with Crippen LogP contribution in [0, 0.1) is 0 Å². The van der Waals surface area contributed by atoms with Crippen molar-refractivity contribution in [3.63, 3.8) is 0 Å². The van der Waals surface area contributed by atoms with Crippen molar-refractivity contribution in [2.75, 3.05) is 0 Å². The number of rotatable bonds is 2. The highest BCUT2D eigenvalue weighted by Crippen LogP contribution is 2.31. The van der Waals surface area contributed by atoms with Gasteiger partial charge in [-0.25, -0.2) is 0 Å². The monoisotopic (exact) mass is 241 g/mol. The van der Waals surface area contributed by atoms with Crippen LogP contribution in [0.15, 0.2) is 35.0 Å². The van der Waals surface area contributed by atoms with E-state index in [1.807, 2.05) is 25.1 Å². The lowest BCUT2D eigenvalue weighted by Crippen LogP contribution is -1.95. The van der Waals surface area contributed by atoms with Crippen LogP contribution in [0.2, 0.25) is 10.0 Å². The first-order valence-electron chi connectivity index (χ1n) is 4.54. The second-order valence-electron chi connectivity index (χ2n) is 3.30. The SMILES string of the molecule is CC(c1ccno1)c1ccc(Cl)cc1Cl. The molecule has 0 aliphatic heterocycles. The first-order chi connectivity index (χ1) is 7.18. The van der Waals surface area contributed by atoms with E-state index in [-0.39, 0.29) is 5.92 Å². The topological polar surface area (TPSA) is 26.0 Å². The molecule has 0 bridgehead atoms. The van der Waals surface area contributed by atoms with Crippen molar-refractivity contribution < 1.29 is 4.52 Å². The molecule has 1 atom stereocenters. The van der Waals surface area contributed by atoms with Crippen LogP contribution in [0.3, 0.4) is 0 Å². The molecule has 0 radical (unpaired) electrons. The molecule has 0 fully saturated rings. The second-order valence-corrected chi connectivity index (χ2v) is 4.15. The highest BCUT2D eigenvalue weighted by atomic mass is 35.5. The van der Waals surface area contributed by atoms with E-state index in [0.717, 1.165) is 11.3 Å². The molecule has 0 saturated carbocycles. The van der Waals surface area contributed by atoms with Gasteiger partial charge in [-0.15, -0.1) is 0 Å². The summed E-state index contributed by atoms with van der Waals surface area (Å²) in [5.74, 6) is 0.872. The third-order valence-electron chi connectivity index (χ3n) is 2.31. The summed E-state index contributed by atoms with van der Waals surface area (Å²) in [7, 11) is 0. The Morgan fingerprint density at radius 3 is 2.67 bits per heavy atom. The van der Waals surface area contributed by atoms with Crippen LogP contribution in [-0.2, 0) is 0 Å². The summed E-state index contributed by atoms with van der Waals surface area (Å²) in [5.41, 5.74) is 0.984. The van der Waals surface area contributed by atoms with Crippen LogP contribution < -0.4 is 0 Å². The molecule has 1 unspecified atom stereocenters. The zero-order valence-corrected chi connectivity index (χ0v) is 9.59. The summed E-state index contributed by atoms with van der Waals surface area (Å²) < 4.78 is 5.09. The van der Waals surface area contributed by atoms with Crippen LogP contribution in [0.5, 0.6) is 0 Å². The van der Waals surface area contributed by atoms with Gasteiger partial charge in [0.2, 0.25) is 0 Å². The normalized spacial score (nSPS) is 12.7. The van der Waals surface area contributed by atoms with Crippen molar-refractivity contribution in [1.82, 2.24) is 5.16 Å². The Kier molecular flexibility index (Phi) is 2.98. The molecule has 0 spiro atoms. The van der Waals surface area contributed by atoms with Crippen molar-refractivity contribution in [3.8, 4) is 0 Å². The number of hydrogen-bond donors (Lipinski definition) is 0. The zero-order valence-electron chi connectivity index (χ0n) is 8.08. The molecule has 2 nitrogen and oxygen atoms in total. The quantitative estimate of drug-likeness (QED) is 0.791. The molecule has 4 heteroatoms. The lowest BCUT2D eigenvalue weighted by atomic mass is 9.99. The minimum atomic E-state index is 0.0808. The van der Waals surface area contributed by atoms with Gasteiger partial charge in [0.05, 0.1) is 6.20 Å². The smallest absolute Gasteiger partial charge is 0.143 e. The zero-order chi connectivity index (χ0) is 10.8. The van der Waals surface area contributed by atoms with E-state index in [2.05, 4.69) is 5.16 Å². The fraction of sp³-hybridized carbons (Fsp3) is 0.182. The summed E-state index contributed by atoms with van der Waals surface area (Å²) in [4.78, 5) is 0. The number of nitrogens with zero attached hydrogens (tertiary/aromatic N) is 1. The Morgan fingerprint density at radius 2 is 2.07 bits per heavy atom. The van der Waals surface area contributed by atoms with E-state index >= 15 is 0 Å². The van der Waals surface area contributed by atoms with Crippen LogP contribution in [0.25, 0.3) is 0 Å². The Balaban J connectivity index is 2.38. The van der Waals surface area contributed by atoms with Crippen molar-refractivity contribution >= 4 is 23.2 Å². The van der Waals surface area contributed by atoms with Crippen molar-refractivity contribution in [1.29, 1.82) is 0 Å². The van der Waals surface area contributed by atoms with Crippen LogP contribution >= 0.6 is 23.2 Å². The molecular weight excluding hydrogens is 233 g/mol. The maximum atomic E-state index is 6.09. The summed E-state index contributed by atoms with van der Waals surface area (Å²) in [6.07, 6.45) is 1.62. The number of hydrogen-bond acceptors (Lipinski definition) is 2. The number of aromatic nitrogens is 1. The average Bonchev–Trinajstić information content (AvgIpc) is 2.69. The molecule has 0 saturated heterocycles. The summed E-state index contributed by atoms with van der Waals surface area (Å²) >= 11 is 11.9. The molecule has 2 aromatic rings. The molecule has 15 heavy (non-hydrogen) atoms. The Labute approximate surface area is 97.8 Å². The maximum absolute atomic E-state index is 6.09. The van der Waals surface area contributed by atoms with Crippen LogP contribution in [-0.4, -0.2) is 5.16 Å². The predicted molar refractivity (Wildman–Crippen MR) is 60.5 cm³/mol. The summed E-state index contributed by atoms with van der Waals surface area (Å²) in [6.45, 7) is 2.01. The third-order valence-corrected chi connectivity index (χ3v) is 2.88. The largest absolute Gasteiger partial charge is 0.361 e. The minimum absolute atomic E-state index is 0.0808. The molecule has 0 N–H and O–H groups in total. The van der Waals surface area contributed by atoms with E-state index < -0.39 is 0 Å². The van der Waals surface area contributed by atoms with Gasteiger partial charge in [-0.3, -0.25) is 0 Å². The fourth-order valence-corrected chi connectivity index (χ4v) is 2.03. The number of halogens is 2. The lowest BCUT2D eigenvalue weighted by Gasteiger charge is -2.10. The van der Waals surface area contributed by atoms with Gasteiger partial charge in [0, 0.05) is 22.0 Å². The van der Waals surface area contributed by atoms with Gasteiger partial charge in [0.15, 0.2) is 0 Å². The van der Waals surface area contributed by atoms with E-state index in [4.69, 9.17) is 27.7 Å². The van der Waals surface area contributed by atoms with E-state index in [0.29, 0.717) is 10.0 Å². The van der Waals surface area contributed by atoms with E-state index in [9.17, 15) is 0 Å². The van der Waals surface area contributed by atoms with Crippen LogP contribution in [0.4, 0.5) is 0 Å². The fourth-order valence-electron chi connectivity index (χ4n) is 1.45. The molecule has 0 amide bonds. The van der Waals surface area contributed by atoms with Gasteiger partial charge in [0.1, 0.15) is 5.76 Å². The van der Waals surface area contributed by atoms with E-state index in [1.165, 1.54) is 0 Å². The van der Waals surface area contributed by atoms with Gasteiger partial charge in [-0.1, -0.05) is 41.3 Å². The molecule has 0 aliphatic rings. The molecule has 1 heterocycles. The van der Waals surface area contributed by atoms with E-state index in [1.54, 1.807) is 12.3 Å². The third kappa shape index (κ3) is 2.16.